The van der Waals surface area contributed by atoms with Gasteiger partial charge in [-0.25, -0.2) is 8.42 Å². The van der Waals surface area contributed by atoms with Crippen LogP contribution in [0.3, 0.4) is 0 Å². The second-order valence-corrected chi connectivity index (χ2v) is 8.89. The summed E-state index contributed by atoms with van der Waals surface area (Å²) in [5.41, 5.74) is 3.01. The first kappa shape index (κ1) is 22.5. The van der Waals surface area contributed by atoms with Gasteiger partial charge in [0, 0.05) is 12.8 Å². The molecule has 3 rings (SSSR count). The lowest BCUT2D eigenvalue weighted by molar-refractivity contribution is -0.114. The molecule has 0 aromatic heterocycles. The molecule has 1 N–H and O–H groups in total. The van der Waals surface area contributed by atoms with E-state index in [4.69, 9.17) is 4.74 Å². The number of amides is 1. The molecule has 0 fully saturated rings. The molecule has 3 aromatic carbocycles. The van der Waals surface area contributed by atoms with Crippen molar-refractivity contribution in [1.29, 1.82) is 0 Å². The molecule has 0 aliphatic heterocycles. The predicted octanol–water partition coefficient (Wildman–Crippen LogP) is 4.23. The molecule has 0 bridgehead atoms. The lowest BCUT2D eigenvalue weighted by Crippen LogP contribution is -2.38. The van der Waals surface area contributed by atoms with Crippen molar-refractivity contribution in [2.75, 3.05) is 23.3 Å². The van der Waals surface area contributed by atoms with E-state index in [1.807, 2.05) is 31.2 Å². The quantitative estimate of drug-likeness (QED) is 0.542. The van der Waals surface area contributed by atoms with E-state index in [0.717, 1.165) is 21.9 Å². The van der Waals surface area contributed by atoms with E-state index in [2.05, 4.69) is 5.32 Å². The number of methoxy groups -OCH3 is 1. The number of anilines is 2. The van der Waals surface area contributed by atoms with E-state index in [1.54, 1.807) is 49.6 Å². The van der Waals surface area contributed by atoms with Gasteiger partial charge in [0.25, 0.3) is 10.0 Å². The SMILES string of the molecule is CCc1ccc(N(CC(=O)Nc2cccc(COC)c2)S(=O)(=O)c2ccccc2)cc1. The Morgan fingerprint density at radius 3 is 2.29 bits per heavy atom. The highest BCUT2D eigenvalue weighted by Gasteiger charge is 2.27. The van der Waals surface area contributed by atoms with Crippen LogP contribution in [0.5, 0.6) is 0 Å². The average molecular weight is 439 g/mol. The Hall–Kier alpha value is -3.16. The van der Waals surface area contributed by atoms with E-state index < -0.39 is 15.9 Å². The van der Waals surface area contributed by atoms with Gasteiger partial charge in [0.1, 0.15) is 6.54 Å². The van der Waals surface area contributed by atoms with Crippen molar-refractivity contribution in [1.82, 2.24) is 0 Å². The third kappa shape index (κ3) is 5.71. The van der Waals surface area contributed by atoms with Crippen molar-refractivity contribution in [2.24, 2.45) is 0 Å². The van der Waals surface area contributed by atoms with E-state index >= 15 is 0 Å². The lowest BCUT2D eigenvalue weighted by atomic mass is 10.1. The molecule has 0 saturated carbocycles. The van der Waals surface area contributed by atoms with Crippen LogP contribution in [0.1, 0.15) is 18.1 Å². The number of aryl methyl sites for hydroxylation is 1. The Morgan fingerprint density at radius 2 is 1.65 bits per heavy atom. The number of hydrogen-bond acceptors (Lipinski definition) is 4. The zero-order valence-electron chi connectivity index (χ0n) is 17.6. The van der Waals surface area contributed by atoms with Gasteiger partial charge in [0.2, 0.25) is 5.91 Å². The second-order valence-electron chi connectivity index (χ2n) is 7.03. The van der Waals surface area contributed by atoms with Crippen molar-refractivity contribution in [2.45, 2.75) is 24.8 Å². The molecule has 0 saturated heterocycles. The summed E-state index contributed by atoms with van der Waals surface area (Å²) in [7, 11) is -2.33. The average Bonchev–Trinajstić information content (AvgIpc) is 2.78. The van der Waals surface area contributed by atoms with E-state index in [0.29, 0.717) is 18.0 Å². The van der Waals surface area contributed by atoms with E-state index in [9.17, 15) is 13.2 Å². The van der Waals surface area contributed by atoms with Gasteiger partial charge in [-0.1, -0.05) is 49.4 Å². The first-order valence-corrected chi connectivity index (χ1v) is 11.4. The number of ether oxygens (including phenoxy) is 1. The zero-order chi connectivity index (χ0) is 22.3. The number of hydrogen-bond donors (Lipinski definition) is 1. The summed E-state index contributed by atoms with van der Waals surface area (Å²) < 4.78 is 32.9. The van der Waals surface area contributed by atoms with Crippen molar-refractivity contribution in [3.8, 4) is 0 Å². The fraction of sp³-hybridized carbons (Fsp3) is 0.208. The van der Waals surface area contributed by atoms with Crippen molar-refractivity contribution >= 4 is 27.3 Å². The molecular formula is C24H26N2O4S. The predicted molar refractivity (Wildman–Crippen MR) is 123 cm³/mol. The van der Waals surface area contributed by atoms with E-state index in [-0.39, 0.29) is 11.4 Å². The molecule has 3 aromatic rings. The third-order valence-electron chi connectivity index (χ3n) is 4.77. The van der Waals surface area contributed by atoms with Crippen LogP contribution < -0.4 is 9.62 Å². The summed E-state index contributed by atoms with van der Waals surface area (Å²) in [5, 5.41) is 2.79. The summed E-state index contributed by atoms with van der Waals surface area (Å²) in [6.45, 7) is 2.10. The molecule has 6 nitrogen and oxygen atoms in total. The fourth-order valence-electron chi connectivity index (χ4n) is 3.17. The van der Waals surface area contributed by atoms with Crippen LogP contribution >= 0.6 is 0 Å². The minimum atomic E-state index is -3.93. The molecule has 0 unspecified atom stereocenters. The number of rotatable bonds is 9. The highest BCUT2D eigenvalue weighted by molar-refractivity contribution is 7.92. The first-order chi connectivity index (χ1) is 14.9. The Bertz CT molecular complexity index is 1110. The van der Waals surface area contributed by atoms with Crippen LogP contribution in [0.15, 0.2) is 83.8 Å². The Balaban J connectivity index is 1.89. The molecule has 0 atom stereocenters. The number of nitrogens with zero attached hydrogens (tertiary/aromatic N) is 1. The summed E-state index contributed by atoms with van der Waals surface area (Å²) in [4.78, 5) is 12.9. The summed E-state index contributed by atoms with van der Waals surface area (Å²) >= 11 is 0. The number of nitrogens with one attached hydrogen (secondary N) is 1. The Kier molecular flexibility index (Phi) is 7.44. The minimum Gasteiger partial charge on any atom is -0.380 e. The monoisotopic (exact) mass is 438 g/mol. The lowest BCUT2D eigenvalue weighted by Gasteiger charge is -2.24. The maximum absolute atomic E-state index is 13.3. The van der Waals surface area contributed by atoms with Crippen LogP contribution in [0.4, 0.5) is 11.4 Å². The van der Waals surface area contributed by atoms with E-state index in [1.165, 1.54) is 12.1 Å². The van der Waals surface area contributed by atoms with Gasteiger partial charge < -0.3 is 10.1 Å². The number of sulfonamides is 1. The molecule has 162 valence electrons. The molecule has 1 amide bonds. The first-order valence-electron chi connectivity index (χ1n) is 9.98. The molecule has 7 heteroatoms. The topological polar surface area (TPSA) is 75.7 Å². The fourth-order valence-corrected chi connectivity index (χ4v) is 4.61. The largest absolute Gasteiger partial charge is 0.380 e. The molecule has 0 aliphatic carbocycles. The smallest absolute Gasteiger partial charge is 0.264 e. The Labute approximate surface area is 183 Å². The minimum absolute atomic E-state index is 0.129. The van der Waals surface area contributed by atoms with Gasteiger partial charge >= 0.3 is 0 Å². The van der Waals surface area contributed by atoms with Gasteiger partial charge in [-0.3, -0.25) is 9.10 Å². The number of carbonyl (C=O) groups excluding carboxylic acids is 1. The molecule has 0 spiro atoms. The Morgan fingerprint density at radius 1 is 0.935 bits per heavy atom. The summed E-state index contributed by atoms with van der Waals surface area (Å²) in [6.07, 6.45) is 0.837. The maximum Gasteiger partial charge on any atom is 0.264 e. The van der Waals surface area contributed by atoms with Crippen molar-refractivity contribution < 1.29 is 17.9 Å². The van der Waals surface area contributed by atoms with Gasteiger partial charge in [-0.05, 0) is 53.9 Å². The highest BCUT2D eigenvalue weighted by Crippen LogP contribution is 2.24. The molecule has 0 radical (unpaired) electrons. The van der Waals surface area contributed by atoms with Crippen LogP contribution in [0, 0.1) is 0 Å². The molecule has 0 heterocycles. The highest BCUT2D eigenvalue weighted by atomic mass is 32.2. The van der Waals surface area contributed by atoms with Crippen molar-refractivity contribution in [3.63, 3.8) is 0 Å². The van der Waals surface area contributed by atoms with Gasteiger partial charge in [0.05, 0.1) is 17.2 Å². The van der Waals surface area contributed by atoms with Crippen LogP contribution in [-0.4, -0.2) is 28.0 Å². The van der Waals surface area contributed by atoms with Crippen molar-refractivity contribution in [3.05, 3.63) is 90.0 Å². The van der Waals surface area contributed by atoms with Gasteiger partial charge in [0.15, 0.2) is 0 Å². The summed E-state index contributed by atoms with van der Waals surface area (Å²) in [6, 6.07) is 22.6. The molecular weight excluding hydrogens is 412 g/mol. The van der Waals surface area contributed by atoms with Crippen LogP contribution in [0.2, 0.25) is 0 Å². The standard InChI is InChI=1S/C24H26N2O4S/c1-3-19-12-14-22(15-13-19)26(31(28,29)23-10-5-4-6-11-23)17-24(27)25-21-9-7-8-20(16-21)18-30-2/h4-16H,3,17-18H2,1-2H3,(H,25,27). The zero-order valence-corrected chi connectivity index (χ0v) is 18.4. The normalized spacial score (nSPS) is 11.2. The van der Waals surface area contributed by atoms with Crippen LogP contribution in [0.25, 0.3) is 0 Å². The van der Waals surface area contributed by atoms with Gasteiger partial charge in [-0.15, -0.1) is 0 Å². The molecule has 31 heavy (non-hydrogen) atoms. The second kappa shape index (κ2) is 10.2. The number of carbonyl (C=O) groups is 1. The third-order valence-corrected chi connectivity index (χ3v) is 6.56. The summed E-state index contributed by atoms with van der Waals surface area (Å²) in [5.74, 6) is -0.436. The van der Waals surface area contributed by atoms with Gasteiger partial charge in [-0.2, -0.15) is 0 Å². The molecule has 0 aliphatic rings. The maximum atomic E-state index is 13.3. The van der Waals surface area contributed by atoms with Crippen LogP contribution in [-0.2, 0) is 32.6 Å². The number of benzene rings is 3.